The number of hydrogen-bond donors (Lipinski definition) is 1. The molecule has 0 bridgehead atoms. The van der Waals surface area contributed by atoms with Crippen LogP contribution < -0.4 is 5.73 Å². The van der Waals surface area contributed by atoms with Crippen molar-refractivity contribution < 1.29 is 0 Å². The van der Waals surface area contributed by atoms with E-state index in [1.54, 1.807) is 0 Å². The van der Waals surface area contributed by atoms with Crippen LogP contribution in [0.1, 0.15) is 32.6 Å². The van der Waals surface area contributed by atoms with Gasteiger partial charge in [-0.2, -0.15) is 0 Å². The fourth-order valence-corrected chi connectivity index (χ4v) is 1.76. The van der Waals surface area contributed by atoms with Crippen LogP contribution in [0.25, 0.3) is 0 Å². The van der Waals surface area contributed by atoms with Crippen molar-refractivity contribution >= 4 is 0 Å². The van der Waals surface area contributed by atoms with Gasteiger partial charge in [-0.05, 0) is 32.4 Å². The summed E-state index contributed by atoms with van der Waals surface area (Å²) in [7, 11) is 0. The number of nitrogens with two attached hydrogens (primary N) is 1. The molecule has 0 aromatic carbocycles. The van der Waals surface area contributed by atoms with Gasteiger partial charge in [-0.1, -0.05) is 13.3 Å². The Kier molecular flexibility index (Phi) is 3.87. The van der Waals surface area contributed by atoms with Crippen LogP contribution in [0, 0.1) is 0 Å². The molecule has 1 fully saturated rings. The first kappa shape index (κ1) is 9.01. The molecule has 1 heterocycles. The average molecular weight is 156 g/mol. The largest absolute Gasteiger partial charge is 0.327 e. The normalized spacial score (nSPS) is 22.4. The van der Waals surface area contributed by atoms with Gasteiger partial charge in [-0.25, -0.2) is 0 Å². The highest BCUT2D eigenvalue weighted by molar-refractivity contribution is 4.72. The summed E-state index contributed by atoms with van der Waals surface area (Å²) in [5.41, 5.74) is 5.92. The molecule has 1 aliphatic rings. The molecule has 2 heteroatoms. The molecule has 1 saturated heterocycles. The zero-order chi connectivity index (χ0) is 8.10. The quantitative estimate of drug-likeness (QED) is 0.663. The summed E-state index contributed by atoms with van der Waals surface area (Å²) in [6.07, 6.45) is 5.14. The van der Waals surface area contributed by atoms with Crippen molar-refractivity contribution in [2.75, 3.05) is 19.6 Å². The van der Waals surface area contributed by atoms with E-state index >= 15 is 0 Å². The molecule has 2 N–H and O–H groups in total. The molecule has 11 heavy (non-hydrogen) atoms. The van der Waals surface area contributed by atoms with E-state index in [2.05, 4.69) is 11.8 Å². The third-order valence-electron chi connectivity index (χ3n) is 2.35. The highest BCUT2D eigenvalue weighted by atomic mass is 15.1. The maximum absolute atomic E-state index is 5.92. The molecule has 1 atom stereocenters. The van der Waals surface area contributed by atoms with Crippen molar-refractivity contribution in [3.05, 3.63) is 0 Å². The molecule has 0 aliphatic carbocycles. The van der Waals surface area contributed by atoms with E-state index in [-0.39, 0.29) is 0 Å². The van der Waals surface area contributed by atoms with Crippen LogP contribution in [0.3, 0.4) is 0 Å². The molecule has 2 nitrogen and oxygen atoms in total. The first-order chi connectivity index (χ1) is 5.33. The van der Waals surface area contributed by atoms with Crippen molar-refractivity contribution in [3.8, 4) is 0 Å². The van der Waals surface area contributed by atoms with E-state index in [0.717, 1.165) is 6.54 Å². The highest BCUT2D eigenvalue weighted by Gasteiger charge is 2.13. The predicted molar refractivity (Wildman–Crippen MR) is 48.6 cm³/mol. The predicted octanol–water partition coefficient (Wildman–Crippen LogP) is 1.21. The fourth-order valence-electron chi connectivity index (χ4n) is 1.76. The van der Waals surface area contributed by atoms with Gasteiger partial charge in [-0.15, -0.1) is 0 Å². The van der Waals surface area contributed by atoms with E-state index < -0.39 is 0 Å². The number of rotatable bonds is 4. The molecule has 66 valence electrons. The van der Waals surface area contributed by atoms with Gasteiger partial charge in [0, 0.05) is 12.6 Å². The summed E-state index contributed by atoms with van der Waals surface area (Å²) in [5.74, 6) is 0. The summed E-state index contributed by atoms with van der Waals surface area (Å²) < 4.78 is 0. The Morgan fingerprint density at radius 3 is 2.55 bits per heavy atom. The zero-order valence-corrected chi connectivity index (χ0v) is 7.55. The van der Waals surface area contributed by atoms with E-state index in [1.165, 1.54) is 38.8 Å². The fraction of sp³-hybridized carbons (Fsp3) is 1.00. The van der Waals surface area contributed by atoms with E-state index in [0.29, 0.717) is 6.04 Å². The van der Waals surface area contributed by atoms with Crippen LogP contribution in [0.15, 0.2) is 0 Å². The lowest BCUT2D eigenvalue weighted by molar-refractivity contribution is 0.307. The second-order valence-electron chi connectivity index (χ2n) is 3.56. The monoisotopic (exact) mass is 156 g/mol. The van der Waals surface area contributed by atoms with Crippen molar-refractivity contribution in [2.24, 2.45) is 5.73 Å². The molecular formula is C9H20N2. The minimum Gasteiger partial charge on any atom is -0.327 e. The standard InChI is InChI=1S/C9H20N2/c1-2-5-9(10)8-11-6-3-4-7-11/h9H,2-8,10H2,1H3/t9-/m0/s1. The van der Waals surface area contributed by atoms with E-state index in [1.807, 2.05) is 0 Å². The zero-order valence-electron chi connectivity index (χ0n) is 7.55. The molecule has 0 spiro atoms. The SMILES string of the molecule is CCC[C@H](N)CN1CCCC1. The van der Waals surface area contributed by atoms with Crippen LogP contribution in [-0.4, -0.2) is 30.6 Å². The Labute approximate surface area is 69.8 Å². The first-order valence-electron chi connectivity index (χ1n) is 4.81. The minimum atomic E-state index is 0.415. The van der Waals surface area contributed by atoms with Gasteiger partial charge in [0.1, 0.15) is 0 Å². The van der Waals surface area contributed by atoms with Crippen LogP contribution in [-0.2, 0) is 0 Å². The van der Waals surface area contributed by atoms with Crippen LogP contribution in [0.5, 0.6) is 0 Å². The summed E-state index contributed by atoms with van der Waals surface area (Å²) in [4.78, 5) is 2.49. The van der Waals surface area contributed by atoms with Gasteiger partial charge in [0.15, 0.2) is 0 Å². The lowest BCUT2D eigenvalue weighted by Gasteiger charge is -2.19. The van der Waals surface area contributed by atoms with E-state index in [9.17, 15) is 0 Å². The smallest absolute Gasteiger partial charge is 0.0167 e. The second kappa shape index (κ2) is 4.73. The van der Waals surface area contributed by atoms with Crippen LogP contribution >= 0.6 is 0 Å². The number of likely N-dealkylation sites (tertiary alicyclic amines) is 1. The Bertz CT molecular complexity index is 97.7. The second-order valence-corrected chi connectivity index (χ2v) is 3.56. The van der Waals surface area contributed by atoms with Gasteiger partial charge in [0.05, 0.1) is 0 Å². The molecule has 1 aliphatic heterocycles. The highest BCUT2D eigenvalue weighted by Crippen LogP contribution is 2.08. The van der Waals surface area contributed by atoms with Crippen LogP contribution in [0.4, 0.5) is 0 Å². The minimum absolute atomic E-state index is 0.415. The topological polar surface area (TPSA) is 29.3 Å². The maximum Gasteiger partial charge on any atom is 0.0167 e. The third-order valence-corrected chi connectivity index (χ3v) is 2.35. The first-order valence-corrected chi connectivity index (χ1v) is 4.81. The summed E-state index contributed by atoms with van der Waals surface area (Å²) in [6, 6.07) is 0.415. The Balaban J connectivity index is 2.08. The lowest BCUT2D eigenvalue weighted by Crippen LogP contribution is -2.35. The summed E-state index contributed by atoms with van der Waals surface area (Å²) >= 11 is 0. The molecular weight excluding hydrogens is 136 g/mol. The number of hydrogen-bond acceptors (Lipinski definition) is 2. The molecule has 0 saturated carbocycles. The molecule has 0 aromatic rings. The van der Waals surface area contributed by atoms with Crippen molar-refractivity contribution in [1.82, 2.24) is 4.90 Å². The maximum atomic E-state index is 5.92. The van der Waals surface area contributed by atoms with Gasteiger partial charge in [0.2, 0.25) is 0 Å². The Morgan fingerprint density at radius 2 is 2.00 bits per heavy atom. The summed E-state index contributed by atoms with van der Waals surface area (Å²) in [6.45, 7) is 5.87. The van der Waals surface area contributed by atoms with Crippen molar-refractivity contribution in [2.45, 2.75) is 38.6 Å². The third kappa shape index (κ3) is 3.21. The summed E-state index contributed by atoms with van der Waals surface area (Å²) in [5, 5.41) is 0. The van der Waals surface area contributed by atoms with E-state index in [4.69, 9.17) is 5.73 Å². The van der Waals surface area contributed by atoms with Crippen molar-refractivity contribution in [1.29, 1.82) is 0 Å². The molecule has 0 radical (unpaired) electrons. The van der Waals surface area contributed by atoms with Gasteiger partial charge < -0.3 is 10.6 Å². The van der Waals surface area contributed by atoms with Crippen LogP contribution in [0.2, 0.25) is 0 Å². The van der Waals surface area contributed by atoms with Gasteiger partial charge in [0.25, 0.3) is 0 Å². The molecule has 0 unspecified atom stereocenters. The van der Waals surface area contributed by atoms with Gasteiger partial charge in [-0.3, -0.25) is 0 Å². The van der Waals surface area contributed by atoms with Gasteiger partial charge >= 0.3 is 0 Å². The van der Waals surface area contributed by atoms with Crippen molar-refractivity contribution in [3.63, 3.8) is 0 Å². The Hall–Kier alpha value is -0.0800. The average Bonchev–Trinajstić information content (AvgIpc) is 2.40. The Morgan fingerprint density at radius 1 is 1.36 bits per heavy atom. The number of nitrogens with zero attached hydrogens (tertiary/aromatic N) is 1. The molecule has 0 amide bonds. The lowest BCUT2D eigenvalue weighted by atomic mass is 10.2. The molecule has 1 rings (SSSR count). The molecule has 0 aromatic heterocycles.